The van der Waals surface area contributed by atoms with Gasteiger partial charge in [-0.05, 0) is 42.5 Å². The van der Waals surface area contributed by atoms with Crippen LogP contribution in [0.3, 0.4) is 0 Å². The molecule has 3 aromatic rings. The van der Waals surface area contributed by atoms with E-state index in [1.165, 1.54) is 35.6 Å². The third-order valence-electron chi connectivity index (χ3n) is 3.73. The zero-order chi connectivity index (χ0) is 18.8. The van der Waals surface area contributed by atoms with Gasteiger partial charge in [0, 0.05) is 21.4 Å². The fourth-order valence-electron chi connectivity index (χ4n) is 2.48. The van der Waals surface area contributed by atoms with Gasteiger partial charge < -0.3 is 9.47 Å². The Kier molecular flexibility index (Phi) is 4.95. The van der Waals surface area contributed by atoms with Crippen LogP contribution in [-0.4, -0.2) is 23.4 Å². The molecule has 0 radical (unpaired) electrons. The molecule has 1 N–H and O–H groups in total. The fourth-order valence-corrected chi connectivity index (χ4v) is 3.69. The van der Waals surface area contributed by atoms with Crippen LogP contribution >= 0.6 is 23.1 Å². The van der Waals surface area contributed by atoms with Gasteiger partial charge in [0.05, 0.1) is 5.69 Å². The van der Waals surface area contributed by atoms with Crippen LogP contribution in [0.4, 0.5) is 13.9 Å². The van der Waals surface area contributed by atoms with Crippen molar-refractivity contribution in [1.29, 1.82) is 0 Å². The number of aromatic nitrogens is 1. The lowest BCUT2D eigenvalue weighted by molar-refractivity contribution is 0.102. The summed E-state index contributed by atoms with van der Waals surface area (Å²) in [6.07, 6.45) is 0. The summed E-state index contributed by atoms with van der Waals surface area (Å²) in [7, 11) is 0. The van der Waals surface area contributed by atoms with Crippen LogP contribution in [-0.2, 0) is 0 Å². The molecule has 5 nitrogen and oxygen atoms in total. The second kappa shape index (κ2) is 7.53. The van der Waals surface area contributed by atoms with E-state index in [0.717, 1.165) is 5.56 Å². The Hall–Kier alpha value is -2.65. The standard InChI is InChI=1S/C18H12F2N2O3S2/c19-17(20)27-12-4-1-10(2-5-12)16(23)22-18-21-13(8-26-18)11-3-6-14-15(7-11)25-9-24-14/h1-8,17H,9H2,(H,21,22,23). The molecule has 138 valence electrons. The molecule has 2 heterocycles. The SMILES string of the molecule is O=C(Nc1nc(-c2ccc3c(c2)OCO3)cs1)c1ccc(SC(F)F)cc1. The number of carbonyl (C=O) groups excluding carboxylic acids is 1. The minimum Gasteiger partial charge on any atom is -0.454 e. The Morgan fingerprint density at radius 1 is 1.15 bits per heavy atom. The highest BCUT2D eigenvalue weighted by Gasteiger charge is 2.16. The van der Waals surface area contributed by atoms with E-state index >= 15 is 0 Å². The van der Waals surface area contributed by atoms with Crippen LogP contribution in [0, 0.1) is 0 Å². The number of nitrogens with one attached hydrogen (secondary N) is 1. The molecule has 0 unspecified atom stereocenters. The molecule has 0 spiro atoms. The number of anilines is 1. The lowest BCUT2D eigenvalue weighted by Gasteiger charge is -2.04. The Labute approximate surface area is 161 Å². The number of ether oxygens (including phenoxy) is 2. The van der Waals surface area contributed by atoms with Gasteiger partial charge in [-0.25, -0.2) is 4.98 Å². The predicted molar refractivity (Wildman–Crippen MR) is 99.9 cm³/mol. The average molecular weight is 406 g/mol. The largest absolute Gasteiger partial charge is 0.454 e. The molecule has 0 saturated heterocycles. The average Bonchev–Trinajstić information content (AvgIpc) is 3.30. The molecule has 1 aliphatic rings. The number of halogens is 2. The van der Waals surface area contributed by atoms with E-state index in [0.29, 0.717) is 44.5 Å². The van der Waals surface area contributed by atoms with Gasteiger partial charge in [0.1, 0.15) is 0 Å². The number of hydrogen-bond donors (Lipinski definition) is 1. The first-order valence-electron chi connectivity index (χ1n) is 7.80. The monoisotopic (exact) mass is 406 g/mol. The Bertz CT molecular complexity index is 977. The smallest absolute Gasteiger partial charge is 0.288 e. The maximum Gasteiger partial charge on any atom is 0.288 e. The quantitative estimate of drug-likeness (QED) is 0.597. The van der Waals surface area contributed by atoms with E-state index in [4.69, 9.17) is 9.47 Å². The van der Waals surface area contributed by atoms with Crippen molar-refractivity contribution in [3.63, 3.8) is 0 Å². The number of alkyl halides is 2. The molecule has 1 aliphatic heterocycles. The summed E-state index contributed by atoms with van der Waals surface area (Å²) in [5.41, 5.74) is 1.93. The molecule has 1 aromatic heterocycles. The molecular formula is C18H12F2N2O3S2. The van der Waals surface area contributed by atoms with Crippen molar-refractivity contribution in [1.82, 2.24) is 4.98 Å². The third-order valence-corrected chi connectivity index (χ3v) is 5.21. The van der Waals surface area contributed by atoms with Gasteiger partial charge in [-0.3, -0.25) is 10.1 Å². The molecule has 1 amide bonds. The molecule has 4 rings (SSSR count). The molecule has 2 aromatic carbocycles. The highest BCUT2D eigenvalue weighted by atomic mass is 32.2. The zero-order valence-corrected chi connectivity index (χ0v) is 15.3. The summed E-state index contributed by atoms with van der Waals surface area (Å²) in [5.74, 6) is -1.49. The Morgan fingerprint density at radius 2 is 1.93 bits per heavy atom. The zero-order valence-electron chi connectivity index (χ0n) is 13.6. The van der Waals surface area contributed by atoms with E-state index in [-0.39, 0.29) is 12.7 Å². The fraction of sp³-hybridized carbons (Fsp3) is 0.111. The van der Waals surface area contributed by atoms with Gasteiger partial charge in [0.15, 0.2) is 16.6 Å². The van der Waals surface area contributed by atoms with Gasteiger partial charge >= 0.3 is 0 Å². The number of benzene rings is 2. The number of thiazole rings is 1. The van der Waals surface area contributed by atoms with Crippen molar-refractivity contribution in [3.8, 4) is 22.8 Å². The molecule has 0 fully saturated rings. The van der Waals surface area contributed by atoms with Crippen LogP contribution in [0.1, 0.15) is 10.4 Å². The van der Waals surface area contributed by atoms with Crippen molar-refractivity contribution in [2.75, 3.05) is 12.1 Å². The van der Waals surface area contributed by atoms with E-state index in [1.54, 1.807) is 0 Å². The number of rotatable bonds is 5. The number of fused-ring (bicyclic) bond motifs is 1. The lowest BCUT2D eigenvalue weighted by atomic mass is 10.1. The topological polar surface area (TPSA) is 60.5 Å². The number of nitrogens with zero attached hydrogens (tertiary/aromatic N) is 1. The van der Waals surface area contributed by atoms with Gasteiger partial charge in [0.2, 0.25) is 6.79 Å². The van der Waals surface area contributed by atoms with Crippen LogP contribution < -0.4 is 14.8 Å². The summed E-state index contributed by atoms with van der Waals surface area (Å²) in [6, 6.07) is 11.5. The summed E-state index contributed by atoms with van der Waals surface area (Å²) < 4.78 is 35.3. The van der Waals surface area contributed by atoms with Gasteiger partial charge in [-0.2, -0.15) is 8.78 Å². The van der Waals surface area contributed by atoms with Crippen molar-refractivity contribution >= 4 is 34.1 Å². The molecule has 0 atom stereocenters. The maximum atomic E-state index is 12.3. The first-order valence-corrected chi connectivity index (χ1v) is 9.56. The Balaban J connectivity index is 1.45. The second-order valence-electron chi connectivity index (χ2n) is 5.46. The third kappa shape index (κ3) is 4.04. The van der Waals surface area contributed by atoms with E-state index in [9.17, 15) is 13.6 Å². The number of amides is 1. The maximum absolute atomic E-state index is 12.3. The van der Waals surface area contributed by atoms with Crippen LogP contribution in [0.15, 0.2) is 52.7 Å². The first kappa shape index (κ1) is 17.7. The second-order valence-corrected chi connectivity index (χ2v) is 7.38. The predicted octanol–water partition coefficient (Wildman–Crippen LogP) is 5.11. The van der Waals surface area contributed by atoms with Crippen LogP contribution in [0.2, 0.25) is 0 Å². The molecule has 27 heavy (non-hydrogen) atoms. The summed E-state index contributed by atoms with van der Waals surface area (Å²) >= 11 is 1.73. The lowest BCUT2D eigenvalue weighted by Crippen LogP contribution is -2.11. The summed E-state index contributed by atoms with van der Waals surface area (Å²) in [4.78, 5) is 17.1. The molecule has 9 heteroatoms. The number of carbonyl (C=O) groups is 1. The summed E-state index contributed by atoms with van der Waals surface area (Å²) in [6.45, 7) is 0.200. The van der Waals surface area contributed by atoms with E-state index < -0.39 is 5.76 Å². The van der Waals surface area contributed by atoms with Crippen molar-refractivity contribution in [2.45, 2.75) is 10.7 Å². The highest BCUT2D eigenvalue weighted by Crippen LogP contribution is 2.36. The molecular weight excluding hydrogens is 394 g/mol. The number of hydrogen-bond acceptors (Lipinski definition) is 6. The first-order chi connectivity index (χ1) is 13.1. The van der Waals surface area contributed by atoms with Crippen molar-refractivity contribution in [2.24, 2.45) is 0 Å². The van der Waals surface area contributed by atoms with Gasteiger partial charge in [-0.1, -0.05) is 11.8 Å². The van der Waals surface area contributed by atoms with Crippen molar-refractivity contribution < 1.29 is 23.0 Å². The highest BCUT2D eigenvalue weighted by molar-refractivity contribution is 7.99. The molecule has 0 bridgehead atoms. The molecule has 0 aliphatic carbocycles. The van der Waals surface area contributed by atoms with Crippen LogP contribution in [0.5, 0.6) is 11.5 Å². The van der Waals surface area contributed by atoms with Gasteiger partial charge in [-0.15, -0.1) is 11.3 Å². The normalized spacial score (nSPS) is 12.4. The van der Waals surface area contributed by atoms with Gasteiger partial charge in [0.25, 0.3) is 11.7 Å². The molecule has 0 saturated carbocycles. The summed E-state index contributed by atoms with van der Waals surface area (Å²) in [5, 5.41) is 4.99. The van der Waals surface area contributed by atoms with E-state index in [2.05, 4.69) is 10.3 Å². The number of thioether (sulfide) groups is 1. The Morgan fingerprint density at radius 3 is 2.70 bits per heavy atom. The van der Waals surface area contributed by atoms with Crippen molar-refractivity contribution in [3.05, 3.63) is 53.4 Å². The van der Waals surface area contributed by atoms with E-state index in [1.807, 2.05) is 23.6 Å². The van der Waals surface area contributed by atoms with Crippen LogP contribution in [0.25, 0.3) is 11.3 Å². The minimum absolute atomic E-state index is 0.200. The minimum atomic E-state index is -2.49.